The van der Waals surface area contributed by atoms with Crippen LogP contribution in [0.1, 0.15) is 69.8 Å². The number of methoxy groups -OCH3 is 1. The normalized spacial score (nSPS) is 14.8. The Morgan fingerprint density at radius 1 is 1.16 bits per heavy atom. The maximum Gasteiger partial charge on any atom is 0.341 e. The molecule has 4 aromatic rings. The lowest BCUT2D eigenvalue weighted by Gasteiger charge is -2.18. The van der Waals surface area contributed by atoms with E-state index in [4.69, 9.17) is 9.72 Å². The van der Waals surface area contributed by atoms with E-state index in [1.165, 1.54) is 24.0 Å². The Hall–Kier alpha value is -3.03. The summed E-state index contributed by atoms with van der Waals surface area (Å²) in [5.41, 5.74) is 5.75. The summed E-state index contributed by atoms with van der Waals surface area (Å²) in [6.45, 7) is 4.41. The van der Waals surface area contributed by atoms with Crippen molar-refractivity contribution in [2.45, 2.75) is 52.4 Å². The second-order valence-electron chi connectivity index (χ2n) is 10.0. The number of carbonyl (C=O) groups is 2. The first-order chi connectivity index (χ1) is 18.4. The molecule has 0 unspecified atom stereocenters. The van der Waals surface area contributed by atoms with Gasteiger partial charge in [0.15, 0.2) is 0 Å². The number of hydrogen-bond donors (Lipinski definition) is 1. The predicted molar refractivity (Wildman–Crippen MR) is 158 cm³/mol. The van der Waals surface area contributed by atoms with E-state index < -0.39 is 5.97 Å². The van der Waals surface area contributed by atoms with Crippen LogP contribution in [-0.4, -0.2) is 24.0 Å². The van der Waals surface area contributed by atoms with Gasteiger partial charge in [-0.2, -0.15) is 0 Å². The Morgan fingerprint density at radius 3 is 2.68 bits per heavy atom. The molecular weight excluding hydrogens is 560 g/mol. The molecule has 0 saturated heterocycles. The van der Waals surface area contributed by atoms with Crippen LogP contribution in [0, 0.1) is 5.92 Å². The van der Waals surface area contributed by atoms with Gasteiger partial charge in [0.05, 0.1) is 29.4 Å². The Morgan fingerprint density at radius 2 is 1.95 bits per heavy atom. The molecule has 1 atom stereocenters. The molecule has 1 amide bonds. The number of aryl methyl sites for hydroxylation is 1. The fourth-order valence-electron chi connectivity index (χ4n) is 5.08. The first-order valence-corrected chi connectivity index (χ1v) is 14.7. The number of esters is 1. The Bertz CT molecular complexity index is 1510. The molecule has 38 heavy (non-hydrogen) atoms. The first-order valence-electron chi connectivity index (χ1n) is 13.1. The van der Waals surface area contributed by atoms with Crippen molar-refractivity contribution in [2.75, 3.05) is 12.4 Å². The second-order valence-corrected chi connectivity index (χ2v) is 12.0. The largest absolute Gasteiger partial charge is 0.465 e. The maximum absolute atomic E-state index is 13.8. The van der Waals surface area contributed by atoms with Gasteiger partial charge >= 0.3 is 5.97 Å². The summed E-state index contributed by atoms with van der Waals surface area (Å²) in [6.07, 6.45) is 6.11. The quantitative estimate of drug-likeness (QED) is 0.220. The molecule has 1 aliphatic rings. The first kappa shape index (κ1) is 26.6. The van der Waals surface area contributed by atoms with Crippen molar-refractivity contribution in [3.63, 3.8) is 0 Å². The number of anilines is 1. The second kappa shape index (κ2) is 11.4. The van der Waals surface area contributed by atoms with E-state index in [2.05, 4.69) is 59.4 Å². The van der Waals surface area contributed by atoms with Crippen molar-refractivity contribution in [3.8, 4) is 11.3 Å². The van der Waals surface area contributed by atoms with Gasteiger partial charge in [0.2, 0.25) is 0 Å². The summed E-state index contributed by atoms with van der Waals surface area (Å²) >= 11 is 5.03. The zero-order chi connectivity index (χ0) is 26.8. The van der Waals surface area contributed by atoms with Crippen LogP contribution >= 0.6 is 27.3 Å². The third kappa shape index (κ3) is 5.40. The van der Waals surface area contributed by atoms with Gasteiger partial charge < -0.3 is 10.1 Å². The number of pyridine rings is 1. The number of amides is 1. The Labute approximate surface area is 235 Å². The zero-order valence-electron chi connectivity index (χ0n) is 21.9. The average molecular weight is 592 g/mol. The number of nitrogens with one attached hydrogen (secondary N) is 1. The van der Waals surface area contributed by atoms with Gasteiger partial charge in [-0.15, -0.1) is 11.3 Å². The molecule has 7 heteroatoms. The molecule has 5 rings (SSSR count). The van der Waals surface area contributed by atoms with Crippen LogP contribution in [0.2, 0.25) is 0 Å². The number of rotatable bonds is 7. The summed E-state index contributed by atoms with van der Waals surface area (Å²) in [5, 5.41) is 4.38. The molecule has 1 N–H and O–H groups in total. The SMILES string of the molecule is CCCCc1ccc(-c2cc(C(=O)Nc3sc4c(c3C(=O)OC)CC[C@H](C)C4)c3cc(Br)ccc3n2)cc1. The maximum atomic E-state index is 13.8. The van der Waals surface area contributed by atoms with Crippen molar-refractivity contribution in [2.24, 2.45) is 5.92 Å². The minimum Gasteiger partial charge on any atom is -0.465 e. The van der Waals surface area contributed by atoms with Gasteiger partial charge in [0.25, 0.3) is 5.91 Å². The van der Waals surface area contributed by atoms with Crippen LogP contribution < -0.4 is 5.32 Å². The van der Waals surface area contributed by atoms with E-state index >= 15 is 0 Å². The number of carbonyl (C=O) groups excluding carboxylic acids is 2. The molecule has 1 aliphatic carbocycles. The number of unbranched alkanes of at least 4 members (excludes halogenated alkanes) is 1. The number of benzene rings is 2. The lowest BCUT2D eigenvalue weighted by molar-refractivity contribution is 0.0601. The smallest absolute Gasteiger partial charge is 0.341 e. The van der Waals surface area contributed by atoms with Crippen molar-refractivity contribution in [1.82, 2.24) is 4.98 Å². The molecule has 2 aromatic heterocycles. The highest BCUT2D eigenvalue weighted by Crippen LogP contribution is 2.40. The van der Waals surface area contributed by atoms with Gasteiger partial charge in [-0.25, -0.2) is 9.78 Å². The fraction of sp³-hybridized carbons (Fsp3) is 0.323. The number of thiophene rings is 1. The summed E-state index contributed by atoms with van der Waals surface area (Å²) in [5.74, 6) is -0.126. The zero-order valence-corrected chi connectivity index (χ0v) is 24.3. The molecule has 0 bridgehead atoms. The molecule has 2 aromatic carbocycles. The molecule has 196 valence electrons. The molecule has 0 aliphatic heterocycles. The summed E-state index contributed by atoms with van der Waals surface area (Å²) < 4.78 is 5.98. The van der Waals surface area contributed by atoms with Gasteiger partial charge in [-0.3, -0.25) is 4.79 Å². The third-order valence-corrected chi connectivity index (χ3v) is 8.88. The minimum absolute atomic E-state index is 0.270. The van der Waals surface area contributed by atoms with Crippen LogP contribution in [0.5, 0.6) is 0 Å². The highest BCUT2D eigenvalue weighted by Gasteiger charge is 2.29. The van der Waals surface area contributed by atoms with Gasteiger partial charge in [-0.05, 0) is 73.4 Å². The number of nitrogens with zero attached hydrogens (tertiary/aromatic N) is 1. The molecule has 5 nitrogen and oxygen atoms in total. The standard InChI is InChI=1S/C31H31BrN2O3S/c1-4-5-6-19-8-10-20(11-9-19)26-17-24(23-16-21(32)12-14-25(23)33-26)29(35)34-30-28(31(36)37-3)22-13-7-18(2)15-27(22)38-30/h8-12,14,16-18H,4-7,13,15H2,1-3H3,(H,34,35)/t18-/m0/s1. The monoisotopic (exact) mass is 590 g/mol. The predicted octanol–water partition coefficient (Wildman–Crippen LogP) is 8.23. The van der Waals surface area contributed by atoms with E-state index in [0.29, 0.717) is 22.0 Å². The van der Waals surface area contributed by atoms with Crippen molar-refractivity contribution >= 4 is 55.0 Å². The van der Waals surface area contributed by atoms with Crippen molar-refractivity contribution < 1.29 is 14.3 Å². The average Bonchev–Trinajstić information content (AvgIpc) is 3.27. The third-order valence-electron chi connectivity index (χ3n) is 7.21. The van der Waals surface area contributed by atoms with E-state index in [9.17, 15) is 9.59 Å². The van der Waals surface area contributed by atoms with E-state index in [1.807, 2.05) is 24.3 Å². The van der Waals surface area contributed by atoms with Crippen LogP contribution in [-0.2, 0) is 24.0 Å². The summed E-state index contributed by atoms with van der Waals surface area (Å²) in [4.78, 5) is 32.6. The topological polar surface area (TPSA) is 68.3 Å². The highest BCUT2D eigenvalue weighted by atomic mass is 79.9. The van der Waals surface area contributed by atoms with Crippen LogP contribution in [0.3, 0.4) is 0 Å². The van der Waals surface area contributed by atoms with E-state index in [-0.39, 0.29) is 5.91 Å². The lowest BCUT2D eigenvalue weighted by Crippen LogP contribution is -2.16. The van der Waals surface area contributed by atoms with Gasteiger partial charge in [0, 0.05) is 20.3 Å². The number of hydrogen-bond acceptors (Lipinski definition) is 5. The highest BCUT2D eigenvalue weighted by molar-refractivity contribution is 9.10. The number of fused-ring (bicyclic) bond motifs is 2. The van der Waals surface area contributed by atoms with Gasteiger partial charge in [0.1, 0.15) is 5.00 Å². The molecule has 0 saturated carbocycles. The van der Waals surface area contributed by atoms with Crippen molar-refractivity contribution in [3.05, 3.63) is 80.1 Å². The molecule has 0 spiro atoms. The number of aromatic nitrogens is 1. The van der Waals surface area contributed by atoms with E-state index in [0.717, 1.165) is 75.6 Å². The summed E-state index contributed by atoms with van der Waals surface area (Å²) in [7, 11) is 1.39. The Balaban J connectivity index is 1.55. The van der Waals surface area contributed by atoms with E-state index in [1.54, 1.807) is 0 Å². The fourth-order valence-corrected chi connectivity index (χ4v) is 6.84. The molecule has 0 radical (unpaired) electrons. The van der Waals surface area contributed by atoms with Crippen LogP contribution in [0.15, 0.2) is 53.0 Å². The summed E-state index contributed by atoms with van der Waals surface area (Å²) in [6, 6.07) is 16.0. The Kier molecular flexibility index (Phi) is 7.96. The lowest BCUT2D eigenvalue weighted by atomic mass is 9.88. The van der Waals surface area contributed by atoms with Crippen molar-refractivity contribution in [1.29, 1.82) is 0 Å². The minimum atomic E-state index is -0.404. The van der Waals surface area contributed by atoms with Crippen LogP contribution in [0.4, 0.5) is 5.00 Å². The molecular formula is C31H31BrN2O3S. The van der Waals surface area contributed by atoms with Gasteiger partial charge in [-0.1, -0.05) is 60.5 Å². The molecule has 2 heterocycles. The van der Waals surface area contributed by atoms with Crippen LogP contribution in [0.25, 0.3) is 22.2 Å². The molecule has 0 fully saturated rings. The number of halogens is 1. The number of ether oxygens (including phenoxy) is 1.